The molecule has 0 bridgehead atoms. The SMILES string of the molecule is Cc1cc(C)c(C)c(-c2ccc(N(c3c(C)c(C)c(-c4cnc5nccnc5n4)c(C)c3C)c3c(C)c(C)c(-c4cnc5nccnc5n4)c(C)c3C)cc2)c1C. The second-order valence-corrected chi connectivity index (χ2v) is 15.4. The number of anilines is 3. The molecule has 9 heteroatoms. The summed E-state index contributed by atoms with van der Waals surface area (Å²) < 4.78 is 0. The zero-order valence-electron chi connectivity index (χ0n) is 34.9. The summed E-state index contributed by atoms with van der Waals surface area (Å²) in [6.45, 7) is 26.5. The Morgan fingerprint density at radius 3 is 1.12 bits per heavy atom. The minimum absolute atomic E-state index is 0.532. The van der Waals surface area contributed by atoms with E-state index in [1.165, 1.54) is 33.4 Å². The van der Waals surface area contributed by atoms with Crippen molar-refractivity contribution in [3.8, 4) is 33.6 Å². The smallest absolute Gasteiger partial charge is 0.198 e. The fraction of sp³-hybridized carbons (Fsp3) is 0.250. The molecule has 0 saturated carbocycles. The fourth-order valence-corrected chi connectivity index (χ4v) is 8.58. The van der Waals surface area contributed by atoms with Gasteiger partial charge in [0.05, 0.1) is 35.2 Å². The Labute approximate surface area is 334 Å². The number of hydrogen-bond acceptors (Lipinski definition) is 9. The summed E-state index contributed by atoms with van der Waals surface area (Å²) >= 11 is 0. The van der Waals surface area contributed by atoms with Crippen molar-refractivity contribution in [2.75, 3.05) is 4.90 Å². The van der Waals surface area contributed by atoms with Gasteiger partial charge in [0.1, 0.15) is 0 Å². The van der Waals surface area contributed by atoms with Gasteiger partial charge in [-0.25, -0.2) is 39.9 Å². The number of fused-ring (bicyclic) bond motifs is 2. The molecule has 0 aliphatic rings. The summed E-state index contributed by atoms with van der Waals surface area (Å²) in [5.74, 6) is 0. The van der Waals surface area contributed by atoms with Gasteiger partial charge >= 0.3 is 0 Å². The lowest BCUT2D eigenvalue weighted by Gasteiger charge is -2.35. The van der Waals surface area contributed by atoms with Crippen molar-refractivity contribution in [3.05, 3.63) is 134 Å². The van der Waals surface area contributed by atoms with E-state index in [0.29, 0.717) is 22.6 Å². The summed E-state index contributed by atoms with van der Waals surface area (Å²) in [7, 11) is 0. The number of aromatic nitrogens is 8. The van der Waals surface area contributed by atoms with Gasteiger partial charge in [-0.3, -0.25) is 0 Å². The number of hydrogen-bond donors (Lipinski definition) is 0. The predicted molar refractivity (Wildman–Crippen MR) is 232 cm³/mol. The molecule has 4 aromatic heterocycles. The Hall–Kier alpha value is -6.48. The van der Waals surface area contributed by atoms with Crippen LogP contribution in [0.1, 0.15) is 66.8 Å². The summed E-state index contributed by atoms with van der Waals surface area (Å²) in [5.41, 5.74) is 26.2. The standard InChI is InChI=1S/C48H47N9/c1-24-21-25(2)27(4)40(26(24)3)36-13-15-37(16-14-36)57(43-32(9)28(5)41(29(6)33(43)10)38-22-53-45-47(55-38)51-19-17-49-45)44-34(11)30(7)42(31(8)35(44)12)39-23-54-46-48(56-39)52-20-18-50-46/h13-23H,1-12H3. The molecule has 4 heterocycles. The molecule has 0 spiro atoms. The van der Waals surface area contributed by atoms with E-state index >= 15 is 0 Å². The number of aryl methyl sites for hydroxylation is 2. The van der Waals surface area contributed by atoms with Crippen molar-refractivity contribution < 1.29 is 0 Å². The molecule has 4 aromatic carbocycles. The lowest BCUT2D eigenvalue weighted by molar-refractivity contribution is 1.11. The Kier molecular flexibility index (Phi) is 9.35. The summed E-state index contributed by atoms with van der Waals surface area (Å²) in [4.78, 5) is 39.3. The molecule has 8 aromatic rings. The molecular formula is C48H47N9. The maximum atomic E-state index is 4.94. The van der Waals surface area contributed by atoms with Crippen molar-refractivity contribution in [2.45, 2.75) is 83.1 Å². The lowest BCUT2D eigenvalue weighted by atomic mass is 9.86. The van der Waals surface area contributed by atoms with Crippen molar-refractivity contribution >= 4 is 39.7 Å². The van der Waals surface area contributed by atoms with Crippen LogP contribution in [0.3, 0.4) is 0 Å². The van der Waals surface area contributed by atoms with Crippen molar-refractivity contribution in [1.82, 2.24) is 39.9 Å². The third-order valence-corrected chi connectivity index (χ3v) is 12.3. The molecule has 0 aliphatic heterocycles. The highest BCUT2D eigenvalue weighted by Gasteiger charge is 2.28. The van der Waals surface area contributed by atoms with E-state index in [4.69, 9.17) is 9.97 Å². The fourth-order valence-electron chi connectivity index (χ4n) is 8.58. The lowest BCUT2D eigenvalue weighted by Crippen LogP contribution is -2.19. The van der Waals surface area contributed by atoms with E-state index < -0.39 is 0 Å². The van der Waals surface area contributed by atoms with Gasteiger partial charge in [-0.2, -0.15) is 0 Å². The highest BCUT2D eigenvalue weighted by molar-refractivity contribution is 5.91. The molecule has 0 radical (unpaired) electrons. The minimum atomic E-state index is 0.532. The molecule has 0 unspecified atom stereocenters. The van der Waals surface area contributed by atoms with Crippen LogP contribution in [0.25, 0.3) is 56.2 Å². The van der Waals surface area contributed by atoms with Gasteiger partial charge in [0.15, 0.2) is 22.6 Å². The Morgan fingerprint density at radius 2 is 0.737 bits per heavy atom. The van der Waals surface area contributed by atoms with Crippen molar-refractivity contribution in [1.29, 1.82) is 0 Å². The maximum absolute atomic E-state index is 4.94. The Morgan fingerprint density at radius 1 is 0.368 bits per heavy atom. The molecule has 284 valence electrons. The molecular weight excluding hydrogens is 703 g/mol. The Balaban J connectivity index is 1.37. The monoisotopic (exact) mass is 749 g/mol. The van der Waals surface area contributed by atoms with E-state index in [1.807, 2.05) is 12.4 Å². The average Bonchev–Trinajstić information content (AvgIpc) is 3.21. The molecule has 0 amide bonds. The normalized spacial score (nSPS) is 11.5. The van der Waals surface area contributed by atoms with Gasteiger partial charge in [0.2, 0.25) is 0 Å². The van der Waals surface area contributed by atoms with Crippen LogP contribution >= 0.6 is 0 Å². The maximum Gasteiger partial charge on any atom is 0.198 e. The van der Waals surface area contributed by atoms with Gasteiger partial charge in [0.25, 0.3) is 0 Å². The van der Waals surface area contributed by atoms with Gasteiger partial charge < -0.3 is 4.90 Å². The van der Waals surface area contributed by atoms with E-state index in [2.05, 4.69) is 148 Å². The zero-order chi connectivity index (χ0) is 40.4. The van der Waals surface area contributed by atoms with Crippen LogP contribution in [0.2, 0.25) is 0 Å². The van der Waals surface area contributed by atoms with E-state index in [0.717, 1.165) is 84.1 Å². The summed E-state index contributed by atoms with van der Waals surface area (Å²) in [5, 5.41) is 0. The van der Waals surface area contributed by atoms with Crippen LogP contribution in [0, 0.1) is 83.1 Å². The highest BCUT2D eigenvalue weighted by atomic mass is 15.2. The first kappa shape index (κ1) is 37.4. The summed E-state index contributed by atoms with van der Waals surface area (Å²) in [6, 6.07) is 11.4. The van der Waals surface area contributed by atoms with Crippen LogP contribution in [-0.2, 0) is 0 Å². The first-order valence-corrected chi connectivity index (χ1v) is 19.3. The Bertz CT molecular complexity index is 2700. The van der Waals surface area contributed by atoms with E-state index in [-0.39, 0.29) is 0 Å². The van der Waals surface area contributed by atoms with E-state index in [1.54, 1.807) is 24.8 Å². The van der Waals surface area contributed by atoms with Crippen LogP contribution in [0.15, 0.2) is 67.5 Å². The highest BCUT2D eigenvalue weighted by Crippen LogP contribution is 2.49. The first-order chi connectivity index (χ1) is 27.3. The second-order valence-electron chi connectivity index (χ2n) is 15.4. The predicted octanol–water partition coefficient (Wildman–Crippen LogP) is 11.3. The molecule has 8 rings (SSSR count). The zero-order valence-corrected chi connectivity index (χ0v) is 34.9. The van der Waals surface area contributed by atoms with Crippen LogP contribution in [0.5, 0.6) is 0 Å². The molecule has 0 N–H and O–H groups in total. The van der Waals surface area contributed by atoms with Crippen LogP contribution in [-0.4, -0.2) is 39.9 Å². The van der Waals surface area contributed by atoms with Crippen molar-refractivity contribution in [2.24, 2.45) is 0 Å². The van der Waals surface area contributed by atoms with Gasteiger partial charge in [-0.05, 0) is 173 Å². The minimum Gasteiger partial charge on any atom is -0.309 e. The van der Waals surface area contributed by atoms with Crippen LogP contribution in [0.4, 0.5) is 17.1 Å². The van der Waals surface area contributed by atoms with Crippen LogP contribution < -0.4 is 4.90 Å². The number of rotatable bonds is 6. The number of nitrogens with zero attached hydrogens (tertiary/aromatic N) is 9. The topological polar surface area (TPSA) is 106 Å². The molecule has 0 aliphatic carbocycles. The molecule has 9 nitrogen and oxygen atoms in total. The quantitative estimate of drug-likeness (QED) is 0.164. The second kappa shape index (κ2) is 14.2. The number of benzene rings is 4. The molecule has 0 saturated heterocycles. The summed E-state index contributed by atoms with van der Waals surface area (Å²) in [6.07, 6.45) is 10.2. The first-order valence-electron chi connectivity index (χ1n) is 19.3. The van der Waals surface area contributed by atoms with Crippen molar-refractivity contribution in [3.63, 3.8) is 0 Å². The van der Waals surface area contributed by atoms with E-state index in [9.17, 15) is 0 Å². The molecule has 0 fully saturated rings. The molecule has 57 heavy (non-hydrogen) atoms. The molecule has 0 atom stereocenters. The van der Waals surface area contributed by atoms with Gasteiger partial charge in [-0.1, -0.05) is 18.2 Å². The van der Waals surface area contributed by atoms with Gasteiger partial charge in [0, 0.05) is 41.6 Å². The average molecular weight is 750 g/mol. The third-order valence-electron chi connectivity index (χ3n) is 12.3. The largest absolute Gasteiger partial charge is 0.309 e. The van der Waals surface area contributed by atoms with Gasteiger partial charge in [-0.15, -0.1) is 0 Å². The third kappa shape index (κ3) is 6.09.